The minimum absolute atomic E-state index is 0.471. The summed E-state index contributed by atoms with van der Waals surface area (Å²) in [4.78, 5) is 14.0. The van der Waals surface area contributed by atoms with E-state index in [0.29, 0.717) is 32.1 Å². The average molecular weight is 225 g/mol. The molecule has 0 fully saturated rings. The Balaban J connectivity index is 2.87. The molecule has 1 rings (SSSR count). The van der Waals surface area contributed by atoms with Crippen molar-refractivity contribution < 1.29 is 14.3 Å². The highest BCUT2D eigenvalue weighted by Gasteiger charge is 2.13. The monoisotopic (exact) mass is 225 g/mol. The summed E-state index contributed by atoms with van der Waals surface area (Å²) in [6.45, 7) is 8.14. The molecule has 0 saturated carbocycles. The lowest BCUT2D eigenvalue weighted by Gasteiger charge is -2.03. The number of H-pyrrole nitrogens is 1. The Morgan fingerprint density at radius 1 is 1.19 bits per heavy atom. The molecule has 0 radical (unpaired) electrons. The maximum Gasteiger partial charge on any atom is 0.166 e. The quantitative estimate of drug-likeness (QED) is 0.724. The SMILES string of the molecule is CCOCc1[nH]c(C=O)c(COCC)c1C. The highest BCUT2D eigenvalue weighted by atomic mass is 16.5. The normalized spacial score (nSPS) is 10.7. The van der Waals surface area contributed by atoms with Gasteiger partial charge < -0.3 is 14.5 Å². The van der Waals surface area contributed by atoms with Crippen molar-refractivity contribution in [1.29, 1.82) is 0 Å². The molecule has 1 N–H and O–H groups in total. The molecule has 4 nitrogen and oxygen atoms in total. The van der Waals surface area contributed by atoms with Gasteiger partial charge in [0.2, 0.25) is 0 Å². The lowest BCUT2D eigenvalue weighted by atomic mass is 10.1. The molecule has 1 aromatic heterocycles. The Hall–Kier alpha value is -1.13. The number of aldehydes is 1. The summed E-state index contributed by atoms with van der Waals surface area (Å²) in [5.41, 5.74) is 3.55. The van der Waals surface area contributed by atoms with Crippen LogP contribution in [0.25, 0.3) is 0 Å². The second-order valence-corrected chi connectivity index (χ2v) is 3.51. The minimum Gasteiger partial charge on any atom is -0.377 e. The van der Waals surface area contributed by atoms with Crippen LogP contribution < -0.4 is 0 Å². The van der Waals surface area contributed by atoms with Crippen LogP contribution in [0.15, 0.2) is 0 Å². The molecule has 0 bridgehead atoms. The van der Waals surface area contributed by atoms with Gasteiger partial charge in [0.25, 0.3) is 0 Å². The molecule has 0 amide bonds. The Labute approximate surface area is 95.9 Å². The average Bonchev–Trinajstić information content (AvgIpc) is 2.60. The zero-order valence-corrected chi connectivity index (χ0v) is 10.1. The van der Waals surface area contributed by atoms with Gasteiger partial charge in [-0.2, -0.15) is 0 Å². The zero-order chi connectivity index (χ0) is 12.0. The van der Waals surface area contributed by atoms with Crippen molar-refractivity contribution in [3.05, 3.63) is 22.5 Å². The van der Waals surface area contributed by atoms with Gasteiger partial charge in [-0.3, -0.25) is 4.79 Å². The smallest absolute Gasteiger partial charge is 0.166 e. The first-order chi connectivity index (χ1) is 7.74. The van der Waals surface area contributed by atoms with Crippen LogP contribution in [0.4, 0.5) is 0 Å². The van der Waals surface area contributed by atoms with E-state index in [1.807, 2.05) is 20.8 Å². The first-order valence-corrected chi connectivity index (χ1v) is 5.55. The first kappa shape index (κ1) is 12.9. The molecule has 0 saturated heterocycles. The number of hydrogen-bond donors (Lipinski definition) is 1. The Morgan fingerprint density at radius 3 is 2.38 bits per heavy atom. The number of aromatic amines is 1. The summed E-state index contributed by atoms with van der Waals surface area (Å²) in [5, 5.41) is 0. The van der Waals surface area contributed by atoms with E-state index >= 15 is 0 Å². The second kappa shape index (κ2) is 6.45. The molecule has 0 aromatic carbocycles. The summed E-state index contributed by atoms with van der Waals surface area (Å²) in [5.74, 6) is 0. The largest absolute Gasteiger partial charge is 0.377 e. The number of nitrogens with one attached hydrogen (secondary N) is 1. The van der Waals surface area contributed by atoms with E-state index in [1.165, 1.54) is 0 Å². The lowest BCUT2D eigenvalue weighted by molar-refractivity contribution is 0.110. The molecule has 90 valence electrons. The van der Waals surface area contributed by atoms with Gasteiger partial charge in [-0.15, -0.1) is 0 Å². The number of carbonyl (C=O) groups is 1. The maximum absolute atomic E-state index is 10.9. The maximum atomic E-state index is 10.9. The fraction of sp³-hybridized carbons (Fsp3) is 0.583. The van der Waals surface area contributed by atoms with Crippen LogP contribution in [0, 0.1) is 6.92 Å². The van der Waals surface area contributed by atoms with Crippen molar-refractivity contribution in [1.82, 2.24) is 4.98 Å². The van der Waals surface area contributed by atoms with E-state index in [0.717, 1.165) is 23.1 Å². The predicted molar refractivity (Wildman–Crippen MR) is 61.6 cm³/mol. The highest BCUT2D eigenvalue weighted by molar-refractivity contribution is 5.75. The van der Waals surface area contributed by atoms with Crippen LogP contribution >= 0.6 is 0 Å². The summed E-state index contributed by atoms with van der Waals surface area (Å²) in [6.07, 6.45) is 0.830. The van der Waals surface area contributed by atoms with E-state index < -0.39 is 0 Å². The van der Waals surface area contributed by atoms with Crippen LogP contribution in [0.3, 0.4) is 0 Å². The third kappa shape index (κ3) is 2.93. The number of carbonyl (C=O) groups excluding carboxylic acids is 1. The number of rotatable bonds is 7. The van der Waals surface area contributed by atoms with E-state index in [2.05, 4.69) is 4.98 Å². The molecule has 0 aliphatic rings. The Kier molecular flexibility index (Phi) is 5.22. The first-order valence-electron chi connectivity index (χ1n) is 5.55. The third-order valence-electron chi connectivity index (χ3n) is 2.53. The van der Waals surface area contributed by atoms with Gasteiger partial charge in [0.1, 0.15) is 0 Å². The molecule has 0 spiro atoms. The Bertz CT molecular complexity index is 344. The molecule has 0 unspecified atom stereocenters. The van der Waals surface area contributed by atoms with Crippen molar-refractivity contribution in [2.45, 2.75) is 34.0 Å². The van der Waals surface area contributed by atoms with Crippen molar-refractivity contribution in [3.8, 4) is 0 Å². The van der Waals surface area contributed by atoms with Crippen LogP contribution in [-0.2, 0) is 22.7 Å². The standard InChI is InChI=1S/C12H19NO3/c1-4-15-7-10-9(3)12(8-16-5-2)13-11(10)6-14/h6,13H,4-5,7-8H2,1-3H3. The van der Waals surface area contributed by atoms with Gasteiger partial charge in [0.15, 0.2) is 6.29 Å². The van der Waals surface area contributed by atoms with Gasteiger partial charge >= 0.3 is 0 Å². The van der Waals surface area contributed by atoms with Gasteiger partial charge in [0, 0.05) is 24.5 Å². The molecule has 4 heteroatoms. The topological polar surface area (TPSA) is 51.3 Å². The number of ether oxygens (including phenoxy) is 2. The zero-order valence-electron chi connectivity index (χ0n) is 10.1. The number of hydrogen-bond acceptors (Lipinski definition) is 3. The molecule has 1 aromatic rings. The Morgan fingerprint density at radius 2 is 1.81 bits per heavy atom. The highest BCUT2D eigenvalue weighted by Crippen LogP contribution is 2.19. The summed E-state index contributed by atoms with van der Waals surface area (Å²) >= 11 is 0. The molecular formula is C12H19NO3. The second-order valence-electron chi connectivity index (χ2n) is 3.51. The molecule has 1 heterocycles. The van der Waals surface area contributed by atoms with Crippen LogP contribution in [0.1, 0.15) is 41.2 Å². The van der Waals surface area contributed by atoms with Gasteiger partial charge in [-0.05, 0) is 26.3 Å². The van der Waals surface area contributed by atoms with Crippen molar-refractivity contribution >= 4 is 6.29 Å². The summed E-state index contributed by atoms with van der Waals surface area (Å²) in [6, 6.07) is 0. The molecular weight excluding hydrogens is 206 g/mol. The summed E-state index contributed by atoms with van der Waals surface area (Å²) < 4.78 is 10.7. The van der Waals surface area contributed by atoms with E-state index in [1.54, 1.807) is 0 Å². The van der Waals surface area contributed by atoms with Crippen LogP contribution in [-0.4, -0.2) is 24.5 Å². The molecule has 0 atom stereocenters. The van der Waals surface area contributed by atoms with Crippen molar-refractivity contribution in [3.63, 3.8) is 0 Å². The predicted octanol–water partition coefficient (Wildman–Crippen LogP) is 2.21. The molecule has 16 heavy (non-hydrogen) atoms. The summed E-state index contributed by atoms with van der Waals surface area (Å²) in [7, 11) is 0. The van der Waals surface area contributed by atoms with Gasteiger partial charge in [0.05, 0.1) is 18.9 Å². The van der Waals surface area contributed by atoms with Gasteiger partial charge in [-0.1, -0.05) is 0 Å². The van der Waals surface area contributed by atoms with E-state index in [-0.39, 0.29) is 0 Å². The molecule has 0 aliphatic heterocycles. The van der Waals surface area contributed by atoms with E-state index in [9.17, 15) is 4.79 Å². The fourth-order valence-electron chi connectivity index (χ4n) is 1.56. The lowest BCUT2D eigenvalue weighted by Crippen LogP contribution is -1.97. The van der Waals surface area contributed by atoms with Crippen LogP contribution in [0.5, 0.6) is 0 Å². The van der Waals surface area contributed by atoms with Crippen LogP contribution in [0.2, 0.25) is 0 Å². The third-order valence-corrected chi connectivity index (χ3v) is 2.53. The van der Waals surface area contributed by atoms with Crippen molar-refractivity contribution in [2.24, 2.45) is 0 Å². The van der Waals surface area contributed by atoms with E-state index in [4.69, 9.17) is 9.47 Å². The molecule has 0 aliphatic carbocycles. The fourth-order valence-corrected chi connectivity index (χ4v) is 1.56. The minimum atomic E-state index is 0.471. The number of aromatic nitrogens is 1. The van der Waals surface area contributed by atoms with Gasteiger partial charge in [-0.25, -0.2) is 0 Å². The van der Waals surface area contributed by atoms with Crippen molar-refractivity contribution in [2.75, 3.05) is 13.2 Å².